The molecule has 0 aliphatic carbocycles. The van der Waals surface area contributed by atoms with Crippen LogP contribution < -0.4 is 14.8 Å². The quantitative estimate of drug-likeness (QED) is 0.925. The molecule has 1 aliphatic rings. The molecule has 0 saturated carbocycles. The topological polar surface area (TPSA) is 67.9 Å². The lowest BCUT2D eigenvalue weighted by atomic mass is 10.0. The van der Waals surface area contributed by atoms with Crippen LogP contribution in [0.25, 0.3) is 0 Å². The van der Waals surface area contributed by atoms with Gasteiger partial charge in [-0.15, -0.1) is 0 Å². The Bertz CT molecular complexity index is 773. The number of ether oxygens (including phenoxy) is 2. The molecule has 3 rings (SSSR count). The summed E-state index contributed by atoms with van der Waals surface area (Å²) in [6.07, 6.45) is 0. The highest BCUT2D eigenvalue weighted by Crippen LogP contribution is 2.27. The molecule has 1 unspecified atom stereocenters. The van der Waals surface area contributed by atoms with E-state index >= 15 is 0 Å². The number of piperazine rings is 1. The van der Waals surface area contributed by atoms with E-state index in [9.17, 15) is 9.59 Å². The summed E-state index contributed by atoms with van der Waals surface area (Å²) >= 11 is 0. The molecule has 1 atom stereocenters. The van der Waals surface area contributed by atoms with Crippen molar-refractivity contribution in [2.45, 2.75) is 6.04 Å². The second-order valence-corrected chi connectivity index (χ2v) is 5.70. The van der Waals surface area contributed by atoms with Crippen molar-refractivity contribution in [3.63, 3.8) is 0 Å². The molecule has 0 aromatic heterocycles. The van der Waals surface area contributed by atoms with E-state index in [0.717, 1.165) is 5.56 Å². The summed E-state index contributed by atoms with van der Waals surface area (Å²) in [6.45, 7) is 0.875. The van der Waals surface area contributed by atoms with Crippen LogP contribution in [0, 0.1) is 0 Å². The molecule has 130 valence electrons. The van der Waals surface area contributed by atoms with E-state index in [2.05, 4.69) is 5.32 Å². The molecule has 1 N–H and O–H groups in total. The van der Waals surface area contributed by atoms with Crippen LogP contribution in [-0.2, 0) is 4.79 Å². The van der Waals surface area contributed by atoms with Gasteiger partial charge in [0, 0.05) is 18.7 Å². The fourth-order valence-electron chi connectivity index (χ4n) is 2.93. The Kier molecular flexibility index (Phi) is 4.88. The van der Waals surface area contributed by atoms with Crippen LogP contribution in [0.4, 0.5) is 0 Å². The van der Waals surface area contributed by atoms with Gasteiger partial charge in [-0.2, -0.15) is 0 Å². The van der Waals surface area contributed by atoms with E-state index in [0.29, 0.717) is 30.2 Å². The average molecular weight is 340 g/mol. The molecule has 1 heterocycles. The number of nitrogens with one attached hydrogen (secondary N) is 1. The number of carbonyl (C=O) groups excluding carboxylic acids is 2. The third-order valence-corrected chi connectivity index (χ3v) is 4.22. The van der Waals surface area contributed by atoms with Crippen LogP contribution in [0.3, 0.4) is 0 Å². The molecule has 1 fully saturated rings. The SMILES string of the molecule is COc1ccc(C2C(=O)NCCN2C(=O)c2cccc(OC)c2)cc1. The van der Waals surface area contributed by atoms with E-state index in [1.165, 1.54) is 0 Å². The summed E-state index contributed by atoms with van der Waals surface area (Å²) in [4.78, 5) is 27.0. The highest BCUT2D eigenvalue weighted by Gasteiger charge is 2.34. The van der Waals surface area contributed by atoms with Crippen molar-refractivity contribution in [2.24, 2.45) is 0 Å². The number of benzene rings is 2. The molecule has 1 saturated heterocycles. The number of nitrogens with zero attached hydrogens (tertiary/aromatic N) is 1. The monoisotopic (exact) mass is 340 g/mol. The van der Waals surface area contributed by atoms with E-state index in [1.54, 1.807) is 67.7 Å². The molecule has 25 heavy (non-hydrogen) atoms. The fourth-order valence-corrected chi connectivity index (χ4v) is 2.93. The number of carbonyl (C=O) groups is 2. The van der Waals surface area contributed by atoms with Gasteiger partial charge < -0.3 is 19.7 Å². The van der Waals surface area contributed by atoms with Crippen LogP contribution in [0.5, 0.6) is 11.5 Å². The predicted molar refractivity (Wildman–Crippen MR) is 92.8 cm³/mol. The third kappa shape index (κ3) is 3.42. The van der Waals surface area contributed by atoms with Gasteiger partial charge in [0.1, 0.15) is 17.5 Å². The minimum atomic E-state index is -0.668. The molecule has 1 aliphatic heterocycles. The smallest absolute Gasteiger partial charge is 0.255 e. The normalized spacial score (nSPS) is 17.0. The zero-order chi connectivity index (χ0) is 17.8. The number of methoxy groups -OCH3 is 2. The van der Waals surface area contributed by atoms with E-state index < -0.39 is 6.04 Å². The van der Waals surface area contributed by atoms with E-state index in [-0.39, 0.29) is 11.8 Å². The van der Waals surface area contributed by atoms with Gasteiger partial charge in [0.25, 0.3) is 5.91 Å². The number of hydrogen-bond acceptors (Lipinski definition) is 4. The van der Waals surface area contributed by atoms with Crippen molar-refractivity contribution < 1.29 is 19.1 Å². The van der Waals surface area contributed by atoms with Crippen LogP contribution in [0.1, 0.15) is 22.0 Å². The standard InChI is InChI=1S/C19H20N2O4/c1-24-15-8-6-13(7-9-15)17-18(22)20-10-11-21(17)19(23)14-4-3-5-16(12-14)25-2/h3-9,12,17H,10-11H2,1-2H3,(H,20,22). The summed E-state index contributed by atoms with van der Waals surface area (Å²) in [6, 6.07) is 13.5. The Morgan fingerprint density at radius 2 is 1.80 bits per heavy atom. The van der Waals surface area contributed by atoms with Crippen molar-refractivity contribution in [3.8, 4) is 11.5 Å². The maximum absolute atomic E-state index is 13.0. The van der Waals surface area contributed by atoms with Gasteiger partial charge >= 0.3 is 0 Å². The Morgan fingerprint density at radius 1 is 1.08 bits per heavy atom. The molecule has 2 aromatic rings. The first-order chi connectivity index (χ1) is 12.1. The molecule has 6 heteroatoms. The predicted octanol–water partition coefficient (Wildman–Crippen LogP) is 2.02. The second-order valence-electron chi connectivity index (χ2n) is 5.70. The number of rotatable bonds is 4. The lowest BCUT2D eigenvalue weighted by Gasteiger charge is -2.35. The first-order valence-electron chi connectivity index (χ1n) is 8.00. The van der Waals surface area contributed by atoms with E-state index in [4.69, 9.17) is 9.47 Å². The minimum absolute atomic E-state index is 0.187. The molecular formula is C19H20N2O4. The molecule has 0 bridgehead atoms. The zero-order valence-corrected chi connectivity index (χ0v) is 14.2. The third-order valence-electron chi connectivity index (χ3n) is 4.22. The molecular weight excluding hydrogens is 320 g/mol. The average Bonchev–Trinajstić information content (AvgIpc) is 2.67. The summed E-state index contributed by atoms with van der Waals surface area (Å²) in [7, 11) is 3.14. The summed E-state index contributed by atoms with van der Waals surface area (Å²) in [5, 5.41) is 2.83. The van der Waals surface area contributed by atoms with Crippen LogP contribution in [0.15, 0.2) is 48.5 Å². The number of amides is 2. The van der Waals surface area contributed by atoms with Crippen LogP contribution >= 0.6 is 0 Å². The Balaban J connectivity index is 1.93. The Hall–Kier alpha value is -3.02. The Morgan fingerprint density at radius 3 is 2.48 bits per heavy atom. The van der Waals surface area contributed by atoms with Crippen molar-refractivity contribution >= 4 is 11.8 Å². The fraction of sp³-hybridized carbons (Fsp3) is 0.263. The molecule has 2 aromatic carbocycles. The molecule has 0 spiro atoms. The Labute approximate surface area is 146 Å². The first-order valence-corrected chi connectivity index (χ1v) is 8.00. The highest BCUT2D eigenvalue weighted by molar-refractivity contribution is 5.98. The van der Waals surface area contributed by atoms with Crippen molar-refractivity contribution in [3.05, 3.63) is 59.7 Å². The minimum Gasteiger partial charge on any atom is -0.497 e. The van der Waals surface area contributed by atoms with Gasteiger partial charge in [-0.25, -0.2) is 0 Å². The largest absolute Gasteiger partial charge is 0.497 e. The van der Waals surface area contributed by atoms with Gasteiger partial charge in [-0.3, -0.25) is 9.59 Å². The van der Waals surface area contributed by atoms with Crippen LogP contribution in [-0.4, -0.2) is 44.0 Å². The maximum atomic E-state index is 13.0. The lowest BCUT2D eigenvalue weighted by Crippen LogP contribution is -2.52. The van der Waals surface area contributed by atoms with Crippen molar-refractivity contribution in [1.82, 2.24) is 10.2 Å². The zero-order valence-electron chi connectivity index (χ0n) is 14.2. The lowest BCUT2D eigenvalue weighted by molar-refractivity contribution is -0.128. The highest BCUT2D eigenvalue weighted by atomic mass is 16.5. The van der Waals surface area contributed by atoms with Gasteiger partial charge in [0.2, 0.25) is 5.91 Å². The molecule has 2 amide bonds. The summed E-state index contributed by atoms with van der Waals surface area (Å²) < 4.78 is 10.3. The van der Waals surface area contributed by atoms with Gasteiger partial charge in [0.05, 0.1) is 14.2 Å². The van der Waals surface area contributed by atoms with Gasteiger partial charge in [-0.05, 0) is 35.9 Å². The number of hydrogen-bond donors (Lipinski definition) is 1. The second kappa shape index (κ2) is 7.25. The van der Waals surface area contributed by atoms with Gasteiger partial charge in [0.15, 0.2) is 0 Å². The first kappa shape index (κ1) is 16.8. The van der Waals surface area contributed by atoms with E-state index in [1.807, 2.05) is 0 Å². The van der Waals surface area contributed by atoms with Crippen molar-refractivity contribution in [2.75, 3.05) is 27.3 Å². The van der Waals surface area contributed by atoms with Gasteiger partial charge in [-0.1, -0.05) is 18.2 Å². The van der Waals surface area contributed by atoms with Crippen molar-refractivity contribution in [1.29, 1.82) is 0 Å². The maximum Gasteiger partial charge on any atom is 0.255 e. The summed E-state index contributed by atoms with van der Waals surface area (Å²) in [5.41, 5.74) is 1.24. The molecule has 6 nitrogen and oxygen atoms in total. The molecule has 0 radical (unpaired) electrons. The summed E-state index contributed by atoms with van der Waals surface area (Å²) in [5.74, 6) is 0.918. The van der Waals surface area contributed by atoms with Crippen LogP contribution in [0.2, 0.25) is 0 Å².